The molecule has 6 heteroatoms. The number of anilines is 1. The van der Waals surface area contributed by atoms with Crippen molar-refractivity contribution in [2.24, 2.45) is 5.92 Å². The highest BCUT2D eigenvalue weighted by atomic mass is 16.5. The number of ether oxygens (including phenoxy) is 3. The fourth-order valence-electron chi connectivity index (χ4n) is 2.81. The molecule has 1 unspecified atom stereocenters. The first kappa shape index (κ1) is 14.5. The van der Waals surface area contributed by atoms with Gasteiger partial charge in [0.05, 0.1) is 26.4 Å². The highest BCUT2D eigenvalue weighted by Crippen LogP contribution is 2.21. The quantitative estimate of drug-likeness (QED) is 0.820. The van der Waals surface area contributed by atoms with Gasteiger partial charge in [0.1, 0.15) is 0 Å². The Kier molecular flexibility index (Phi) is 4.87. The summed E-state index contributed by atoms with van der Waals surface area (Å²) in [6, 6.07) is 1.77. The monoisotopic (exact) mass is 293 g/mol. The molecule has 0 amide bonds. The minimum absolute atomic E-state index is 0.354. The van der Waals surface area contributed by atoms with Crippen LogP contribution < -0.4 is 9.64 Å². The van der Waals surface area contributed by atoms with Crippen molar-refractivity contribution < 1.29 is 14.2 Å². The van der Waals surface area contributed by atoms with E-state index >= 15 is 0 Å². The van der Waals surface area contributed by atoms with Crippen LogP contribution in [0.3, 0.4) is 0 Å². The predicted octanol–water partition coefficient (Wildman–Crippen LogP) is 1.51. The Morgan fingerprint density at radius 1 is 1.33 bits per heavy atom. The Morgan fingerprint density at radius 2 is 2.19 bits per heavy atom. The van der Waals surface area contributed by atoms with E-state index in [0.29, 0.717) is 17.9 Å². The van der Waals surface area contributed by atoms with E-state index < -0.39 is 0 Å². The van der Waals surface area contributed by atoms with E-state index in [-0.39, 0.29) is 0 Å². The molecular weight excluding hydrogens is 270 g/mol. The maximum Gasteiger partial charge on any atom is 0.228 e. The van der Waals surface area contributed by atoms with Crippen LogP contribution in [0.25, 0.3) is 0 Å². The average molecular weight is 293 g/mol. The summed E-state index contributed by atoms with van der Waals surface area (Å²) >= 11 is 0. The highest BCUT2D eigenvalue weighted by Gasteiger charge is 2.23. The molecular formula is C15H23N3O3. The molecule has 0 saturated carbocycles. The molecule has 1 atom stereocenters. The number of aromatic nitrogens is 2. The van der Waals surface area contributed by atoms with E-state index in [1.165, 1.54) is 0 Å². The van der Waals surface area contributed by atoms with Crippen molar-refractivity contribution in [2.75, 3.05) is 44.9 Å². The highest BCUT2D eigenvalue weighted by molar-refractivity contribution is 5.32. The standard InChI is InChI=1S/C15H23N3O3/c1-19-14-2-6-16-15(17-14)18-7-3-13(4-8-18)21-11-12-5-9-20-10-12/h2,6,12-13H,3-5,7-11H2,1H3. The lowest BCUT2D eigenvalue weighted by Gasteiger charge is -2.32. The van der Waals surface area contributed by atoms with Crippen LogP contribution in [0.1, 0.15) is 19.3 Å². The molecule has 2 saturated heterocycles. The minimum Gasteiger partial charge on any atom is -0.481 e. The topological polar surface area (TPSA) is 56.7 Å². The number of piperidine rings is 1. The predicted molar refractivity (Wildman–Crippen MR) is 78.7 cm³/mol. The maximum absolute atomic E-state index is 6.02. The van der Waals surface area contributed by atoms with Gasteiger partial charge in [-0.05, 0) is 19.3 Å². The lowest BCUT2D eigenvalue weighted by atomic mass is 10.1. The Balaban J connectivity index is 1.45. The Labute approximate surface area is 125 Å². The first-order valence-corrected chi connectivity index (χ1v) is 7.66. The number of methoxy groups -OCH3 is 1. The zero-order valence-electron chi connectivity index (χ0n) is 12.5. The number of nitrogens with zero attached hydrogens (tertiary/aromatic N) is 3. The average Bonchev–Trinajstić information content (AvgIpc) is 3.07. The maximum atomic E-state index is 6.02. The second-order valence-corrected chi connectivity index (χ2v) is 5.65. The summed E-state index contributed by atoms with van der Waals surface area (Å²) in [5, 5.41) is 0. The van der Waals surface area contributed by atoms with Crippen LogP contribution >= 0.6 is 0 Å². The van der Waals surface area contributed by atoms with Crippen LogP contribution in [0.5, 0.6) is 5.88 Å². The molecule has 21 heavy (non-hydrogen) atoms. The van der Waals surface area contributed by atoms with Crippen molar-refractivity contribution in [3.05, 3.63) is 12.3 Å². The number of hydrogen-bond donors (Lipinski definition) is 0. The summed E-state index contributed by atoms with van der Waals surface area (Å²) in [6.07, 6.45) is 5.27. The molecule has 0 radical (unpaired) electrons. The van der Waals surface area contributed by atoms with Gasteiger partial charge in [0.25, 0.3) is 0 Å². The molecule has 3 heterocycles. The third-order valence-electron chi connectivity index (χ3n) is 4.14. The van der Waals surface area contributed by atoms with Crippen molar-refractivity contribution in [1.29, 1.82) is 0 Å². The van der Waals surface area contributed by atoms with Crippen molar-refractivity contribution in [1.82, 2.24) is 9.97 Å². The molecule has 0 aromatic carbocycles. The van der Waals surface area contributed by atoms with E-state index in [0.717, 1.165) is 58.1 Å². The Morgan fingerprint density at radius 3 is 2.90 bits per heavy atom. The summed E-state index contributed by atoms with van der Waals surface area (Å²) in [7, 11) is 1.62. The minimum atomic E-state index is 0.354. The van der Waals surface area contributed by atoms with Crippen molar-refractivity contribution in [3.8, 4) is 5.88 Å². The molecule has 1 aromatic rings. The van der Waals surface area contributed by atoms with Crippen molar-refractivity contribution >= 4 is 5.95 Å². The third-order valence-corrected chi connectivity index (χ3v) is 4.14. The van der Waals surface area contributed by atoms with E-state index in [2.05, 4.69) is 14.9 Å². The molecule has 3 rings (SSSR count). The van der Waals surface area contributed by atoms with E-state index in [1.54, 1.807) is 19.4 Å². The fraction of sp³-hybridized carbons (Fsp3) is 0.733. The Bertz CT molecular complexity index is 444. The largest absolute Gasteiger partial charge is 0.481 e. The first-order chi connectivity index (χ1) is 10.3. The van der Waals surface area contributed by atoms with Gasteiger partial charge in [0.2, 0.25) is 11.8 Å². The van der Waals surface area contributed by atoms with Crippen LogP contribution in [-0.4, -0.2) is 56.1 Å². The molecule has 2 aliphatic rings. The van der Waals surface area contributed by atoms with Gasteiger partial charge in [-0.3, -0.25) is 0 Å². The molecule has 1 aromatic heterocycles. The lowest BCUT2D eigenvalue weighted by Crippen LogP contribution is -2.38. The molecule has 0 bridgehead atoms. The molecule has 0 N–H and O–H groups in total. The second kappa shape index (κ2) is 7.04. The SMILES string of the molecule is COc1ccnc(N2CCC(OCC3CCOC3)CC2)n1. The van der Waals surface area contributed by atoms with Gasteiger partial charge in [-0.25, -0.2) is 4.98 Å². The van der Waals surface area contributed by atoms with Crippen LogP contribution in [0.15, 0.2) is 12.3 Å². The second-order valence-electron chi connectivity index (χ2n) is 5.65. The zero-order valence-corrected chi connectivity index (χ0v) is 12.5. The molecule has 6 nitrogen and oxygen atoms in total. The van der Waals surface area contributed by atoms with Gasteiger partial charge >= 0.3 is 0 Å². The number of hydrogen-bond acceptors (Lipinski definition) is 6. The van der Waals surface area contributed by atoms with Crippen molar-refractivity contribution in [3.63, 3.8) is 0 Å². The summed E-state index contributed by atoms with van der Waals surface area (Å²) in [6.45, 7) is 4.44. The van der Waals surface area contributed by atoms with Crippen LogP contribution in [0.2, 0.25) is 0 Å². The Hall–Kier alpha value is -1.40. The van der Waals surface area contributed by atoms with Gasteiger partial charge in [-0.15, -0.1) is 0 Å². The van der Waals surface area contributed by atoms with Gasteiger partial charge in [0.15, 0.2) is 0 Å². The van der Waals surface area contributed by atoms with E-state index in [4.69, 9.17) is 14.2 Å². The van der Waals surface area contributed by atoms with Crippen LogP contribution in [-0.2, 0) is 9.47 Å². The van der Waals surface area contributed by atoms with Gasteiger partial charge < -0.3 is 19.1 Å². The van der Waals surface area contributed by atoms with Crippen molar-refractivity contribution in [2.45, 2.75) is 25.4 Å². The summed E-state index contributed by atoms with van der Waals surface area (Å²) in [5.41, 5.74) is 0. The van der Waals surface area contributed by atoms with Gasteiger partial charge in [0, 0.05) is 37.9 Å². The summed E-state index contributed by atoms with van der Waals surface area (Å²) in [5.74, 6) is 1.95. The van der Waals surface area contributed by atoms with E-state index in [9.17, 15) is 0 Å². The normalized spacial score (nSPS) is 23.5. The summed E-state index contributed by atoms with van der Waals surface area (Å²) < 4.78 is 16.5. The van der Waals surface area contributed by atoms with E-state index in [1.807, 2.05) is 0 Å². The van der Waals surface area contributed by atoms with Crippen LogP contribution in [0.4, 0.5) is 5.95 Å². The van der Waals surface area contributed by atoms with Gasteiger partial charge in [-0.2, -0.15) is 4.98 Å². The smallest absolute Gasteiger partial charge is 0.228 e. The molecule has 0 aliphatic carbocycles. The molecule has 116 valence electrons. The zero-order chi connectivity index (χ0) is 14.5. The molecule has 2 aliphatic heterocycles. The summed E-state index contributed by atoms with van der Waals surface area (Å²) in [4.78, 5) is 10.9. The van der Waals surface area contributed by atoms with Crippen LogP contribution in [0, 0.1) is 5.92 Å². The third kappa shape index (κ3) is 3.83. The molecule has 0 spiro atoms. The molecule has 2 fully saturated rings. The first-order valence-electron chi connectivity index (χ1n) is 7.66. The van der Waals surface area contributed by atoms with Gasteiger partial charge in [-0.1, -0.05) is 0 Å². The lowest BCUT2D eigenvalue weighted by molar-refractivity contribution is 0.0130. The fourth-order valence-corrected chi connectivity index (χ4v) is 2.81. The number of rotatable bonds is 5.